The van der Waals surface area contributed by atoms with Crippen molar-refractivity contribution in [3.05, 3.63) is 69.2 Å². The predicted octanol–water partition coefficient (Wildman–Crippen LogP) is 5.72. The summed E-state index contributed by atoms with van der Waals surface area (Å²) in [4.78, 5) is 0. The maximum Gasteiger partial charge on any atom is 0.191 e. The van der Waals surface area contributed by atoms with Gasteiger partial charge in [0.15, 0.2) is 11.0 Å². The molecule has 0 unspecified atom stereocenters. The first-order chi connectivity index (χ1) is 12.6. The first kappa shape index (κ1) is 19.2. The monoisotopic (exact) mass is 455 g/mol. The fourth-order valence-corrected chi connectivity index (χ4v) is 3.71. The van der Waals surface area contributed by atoms with Crippen LogP contribution in [0.1, 0.15) is 18.3 Å². The molecule has 0 aliphatic heterocycles. The molecular weight excluding hydrogens is 441 g/mol. The molecule has 0 saturated carbocycles. The van der Waals surface area contributed by atoms with Gasteiger partial charge in [-0.25, -0.2) is 4.39 Å². The summed E-state index contributed by atoms with van der Waals surface area (Å²) in [5.41, 5.74) is 1.21. The molecule has 0 aliphatic carbocycles. The first-order valence-corrected chi connectivity index (χ1v) is 10.1. The summed E-state index contributed by atoms with van der Waals surface area (Å²) in [6.45, 7) is 3.01. The van der Waals surface area contributed by atoms with Crippen molar-refractivity contribution >= 4 is 39.3 Å². The van der Waals surface area contributed by atoms with Gasteiger partial charge in [0.05, 0.1) is 5.02 Å². The van der Waals surface area contributed by atoms with E-state index >= 15 is 0 Å². The van der Waals surface area contributed by atoms with Crippen LogP contribution in [0.25, 0.3) is 0 Å². The van der Waals surface area contributed by atoms with Gasteiger partial charge >= 0.3 is 0 Å². The van der Waals surface area contributed by atoms with Crippen LogP contribution in [0.3, 0.4) is 0 Å². The molecule has 0 saturated heterocycles. The quantitative estimate of drug-likeness (QED) is 0.426. The Hall–Kier alpha value is -1.57. The van der Waals surface area contributed by atoms with Crippen molar-refractivity contribution in [1.82, 2.24) is 14.8 Å². The number of aromatic nitrogens is 3. The summed E-state index contributed by atoms with van der Waals surface area (Å²) < 4.78 is 21.9. The van der Waals surface area contributed by atoms with Gasteiger partial charge in [0.1, 0.15) is 18.2 Å². The molecule has 0 fully saturated rings. The van der Waals surface area contributed by atoms with Gasteiger partial charge in [0.25, 0.3) is 0 Å². The Bertz CT molecular complexity index is 889. The first-order valence-electron chi connectivity index (χ1n) is 7.94. The minimum Gasteiger partial charge on any atom is -0.486 e. The number of rotatable bonds is 7. The lowest BCUT2D eigenvalue weighted by molar-refractivity contribution is 0.288. The Labute approximate surface area is 168 Å². The van der Waals surface area contributed by atoms with Gasteiger partial charge in [-0.1, -0.05) is 51.4 Å². The lowest BCUT2D eigenvalue weighted by Gasteiger charge is -2.09. The Balaban J connectivity index is 1.65. The maximum absolute atomic E-state index is 13.2. The number of benzene rings is 2. The minimum atomic E-state index is -0.470. The Morgan fingerprint density at radius 3 is 2.65 bits per heavy atom. The maximum atomic E-state index is 13.2. The SMILES string of the molecule is CCn1c(COc2ccc(F)c(Cl)c2)nnc1SCc1ccc(Br)cc1. The number of halogens is 3. The number of ether oxygens (including phenoxy) is 1. The Kier molecular flexibility index (Phi) is 6.56. The zero-order chi connectivity index (χ0) is 18.5. The molecule has 0 bridgehead atoms. The Morgan fingerprint density at radius 1 is 1.19 bits per heavy atom. The average Bonchev–Trinajstić information content (AvgIpc) is 3.04. The highest BCUT2D eigenvalue weighted by molar-refractivity contribution is 9.10. The third-order valence-corrected chi connectivity index (χ3v) is 5.51. The molecule has 0 radical (unpaired) electrons. The summed E-state index contributed by atoms with van der Waals surface area (Å²) in [6, 6.07) is 12.5. The second-order valence-electron chi connectivity index (χ2n) is 5.42. The lowest BCUT2D eigenvalue weighted by Crippen LogP contribution is -2.07. The van der Waals surface area contributed by atoms with Gasteiger partial charge < -0.3 is 9.30 Å². The van der Waals surface area contributed by atoms with Crippen LogP contribution in [-0.4, -0.2) is 14.8 Å². The van der Waals surface area contributed by atoms with Gasteiger partial charge in [0, 0.05) is 22.8 Å². The summed E-state index contributed by atoms with van der Waals surface area (Å²) in [5, 5.41) is 9.36. The largest absolute Gasteiger partial charge is 0.486 e. The average molecular weight is 457 g/mol. The third kappa shape index (κ3) is 4.78. The van der Waals surface area contributed by atoms with E-state index in [0.717, 1.165) is 21.9 Å². The summed E-state index contributed by atoms with van der Waals surface area (Å²) in [5.74, 6) is 1.54. The van der Waals surface area contributed by atoms with Crippen LogP contribution in [0.4, 0.5) is 4.39 Å². The molecule has 136 valence electrons. The highest BCUT2D eigenvalue weighted by Crippen LogP contribution is 2.25. The van der Waals surface area contributed by atoms with E-state index in [9.17, 15) is 4.39 Å². The topological polar surface area (TPSA) is 39.9 Å². The molecule has 1 aromatic heterocycles. The highest BCUT2D eigenvalue weighted by atomic mass is 79.9. The second-order valence-corrected chi connectivity index (χ2v) is 7.69. The molecule has 0 aliphatic rings. The van der Waals surface area contributed by atoms with Gasteiger partial charge in [-0.15, -0.1) is 10.2 Å². The normalized spacial score (nSPS) is 10.9. The Morgan fingerprint density at radius 2 is 1.96 bits per heavy atom. The van der Waals surface area contributed by atoms with Gasteiger partial charge in [-0.2, -0.15) is 0 Å². The van der Waals surface area contributed by atoms with Crippen LogP contribution in [-0.2, 0) is 18.9 Å². The molecule has 1 heterocycles. The molecule has 0 N–H and O–H groups in total. The van der Waals surface area contributed by atoms with Gasteiger partial charge in [0.2, 0.25) is 0 Å². The standard InChI is InChI=1S/C18H16BrClFN3OS/c1-2-24-17(10-25-14-7-8-16(21)15(20)9-14)22-23-18(24)26-11-12-3-5-13(19)6-4-12/h3-9H,2,10-11H2,1H3. The molecule has 0 atom stereocenters. The lowest BCUT2D eigenvalue weighted by atomic mass is 10.2. The van der Waals surface area contributed by atoms with E-state index in [1.165, 1.54) is 23.8 Å². The molecular formula is C18H16BrClFN3OS. The van der Waals surface area contributed by atoms with Crippen molar-refractivity contribution in [3.63, 3.8) is 0 Å². The smallest absolute Gasteiger partial charge is 0.191 e. The van der Waals surface area contributed by atoms with Crippen molar-refractivity contribution in [1.29, 1.82) is 0 Å². The number of thioether (sulfide) groups is 1. The molecule has 4 nitrogen and oxygen atoms in total. The predicted molar refractivity (Wildman–Crippen MR) is 105 cm³/mol. The van der Waals surface area contributed by atoms with E-state index in [4.69, 9.17) is 16.3 Å². The number of nitrogens with zero attached hydrogens (tertiary/aromatic N) is 3. The van der Waals surface area contributed by atoms with E-state index in [1.54, 1.807) is 11.8 Å². The zero-order valence-corrected chi connectivity index (χ0v) is 17.1. The van der Waals surface area contributed by atoms with Crippen molar-refractivity contribution in [2.24, 2.45) is 0 Å². The van der Waals surface area contributed by atoms with Crippen LogP contribution < -0.4 is 4.74 Å². The molecule has 2 aromatic carbocycles. The molecule has 8 heteroatoms. The molecule has 3 aromatic rings. The van der Waals surface area contributed by atoms with Crippen molar-refractivity contribution in [2.45, 2.75) is 31.0 Å². The van der Waals surface area contributed by atoms with E-state index < -0.39 is 5.82 Å². The number of hydrogen-bond donors (Lipinski definition) is 0. The van der Waals surface area contributed by atoms with E-state index in [2.05, 4.69) is 38.3 Å². The van der Waals surface area contributed by atoms with E-state index in [1.807, 2.05) is 23.6 Å². The van der Waals surface area contributed by atoms with Crippen LogP contribution in [0.2, 0.25) is 5.02 Å². The van der Waals surface area contributed by atoms with E-state index in [-0.39, 0.29) is 11.6 Å². The fraction of sp³-hybridized carbons (Fsp3) is 0.222. The summed E-state index contributed by atoms with van der Waals surface area (Å²) >= 11 is 10.8. The van der Waals surface area contributed by atoms with Crippen LogP contribution >= 0.6 is 39.3 Å². The van der Waals surface area contributed by atoms with E-state index in [0.29, 0.717) is 11.6 Å². The van der Waals surface area contributed by atoms with Crippen molar-refractivity contribution in [3.8, 4) is 5.75 Å². The highest BCUT2D eigenvalue weighted by Gasteiger charge is 2.12. The van der Waals surface area contributed by atoms with Gasteiger partial charge in [-0.05, 0) is 36.8 Å². The van der Waals surface area contributed by atoms with Crippen molar-refractivity contribution in [2.75, 3.05) is 0 Å². The third-order valence-electron chi connectivity index (χ3n) is 3.65. The zero-order valence-electron chi connectivity index (χ0n) is 14.0. The molecule has 3 rings (SSSR count). The van der Waals surface area contributed by atoms with Crippen LogP contribution in [0.15, 0.2) is 52.1 Å². The fourth-order valence-electron chi connectivity index (χ4n) is 2.29. The molecule has 26 heavy (non-hydrogen) atoms. The molecule has 0 spiro atoms. The summed E-state index contributed by atoms with van der Waals surface area (Å²) in [6.07, 6.45) is 0. The summed E-state index contributed by atoms with van der Waals surface area (Å²) in [7, 11) is 0. The van der Waals surface area contributed by atoms with Crippen molar-refractivity contribution < 1.29 is 9.13 Å². The minimum absolute atomic E-state index is 0.0326. The van der Waals surface area contributed by atoms with Crippen LogP contribution in [0.5, 0.6) is 5.75 Å². The van der Waals surface area contributed by atoms with Gasteiger partial charge in [-0.3, -0.25) is 0 Å². The number of hydrogen-bond acceptors (Lipinski definition) is 4. The molecule has 0 amide bonds. The second kappa shape index (κ2) is 8.88. The van der Waals surface area contributed by atoms with Crippen LogP contribution in [0, 0.1) is 5.82 Å².